The lowest BCUT2D eigenvalue weighted by molar-refractivity contribution is 0.395. The number of fused-ring (bicyclic) bond motifs is 6. The number of benzene rings is 4. The van der Waals surface area contributed by atoms with Crippen molar-refractivity contribution in [2.75, 3.05) is 0 Å². The van der Waals surface area contributed by atoms with Gasteiger partial charge in [-0.25, -0.2) is 0 Å². The fourth-order valence-electron chi connectivity index (χ4n) is 6.90. The largest absolute Gasteiger partial charge is 0.455 e. The Morgan fingerprint density at radius 3 is 1.74 bits per heavy atom. The summed E-state index contributed by atoms with van der Waals surface area (Å²) in [6.07, 6.45) is 4.77. The summed E-state index contributed by atoms with van der Waals surface area (Å²) in [6, 6.07) is 24.6. The molecule has 4 aromatic carbocycles. The van der Waals surface area contributed by atoms with Gasteiger partial charge in [0.2, 0.25) is 0 Å². The third-order valence-electron chi connectivity index (χ3n) is 9.02. The van der Waals surface area contributed by atoms with Crippen LogP contribution in [0.1, 0.15) is 86.1 Å². The van der Waals surface area contributed by atoms with Gasteiger partial charge in [-0.1, -0.05) is 81.4 Å². The predicted molar refractivity (Wildman–Crippen MR) is 160 cm³/mol. The van der Waals surface area contributed by atoms with Crippen LogP contribution in [-0.2, 0) is 5.41 Å². The number of rotatable bonds is 2. The van der Waals surface area contributed by atoms with E-state index in [2.05, 4.69) is 101 Å². The number of aryl methyl sites for hydroxylation is 2. The van der Waals surface area contributed by atoms with E-state index < -0.39 is 0 Å². The summed E-state index contributed by atoms with van der Waals surface area (Å²) in [5, 5.41) is 5.01. The lowest BCUT2D eigenvalue weighted by Crippen LogP contribution is -2.15. The Morgan fingerprint density at radius 2 is 1.11 bits per heavy atom. The van der Waals surface area contributed by atoms with Gasteiger partial charge in [0.15, 0.2) is 0 Å². The van der Waals surface area contributed by atoms with E-state index in [9.17, 15) is 0 Å². The molecule has 0 saturated heterocycles. The molecule has 0 radical (unpaired) electrons. The van der Waals surface area contributed by atoms with Crippen LogP contribution >= 0.6 is 0 Å². The summed E-state index contributed by atoms with van der Waals surface area (Å²) >= 11 is 0. The molecule has 0 spiro atoms. The molecule has 2 aromatic heterocycles. The average Bonchev–Trinajstić information content (AvgIpc) is 3.48. The highest BCUT2D eigenvalue weighted by molar-refractivity contribution is 6.08. The van der Waals surface area contributed by atoms with Crippen LogP contribution in [0.3, 0.4) is 0 Å². The first-order chi connectivity index (χ1) is 18.3. The molecule has 2 heteroatoms. The molecule has 1 saturated carbocycles. The summed E-state index contributed by atoms with van der Waals surface area (Å²) < 4.78 is 13.0. The molecule has 2 heterocycles. The smallest absolute Gasteiger partial charge is 0.139 e. The summed E-state index contributed by atoms with van der Waals surface area (Å²) in [7, 11) is 0. The summed E-state index contributed by atoms with van der Waals surface area (Å²) in [5.74, 6) is 1.11. The van der Waals surface area contributed by atoms with Crippen molar-refractivity contribution in [1.82, 2.24) is 0 Å². The average molecular weight is 501 g/mol. The van der Waals surface area contributed by atoms with E-state index in [4.69, 9.17) is 8.83 Å². The van der Waals surface area contributed by atoms with E-state index in [-0.39, 0.29) is 5.41 Å². The Morgan fingerprint density at radius 1 is 0.579 bits per heavy atom. The zero-order valence-corrected chi connectivity index (χ0v) is 23.2. The first-order valence-electron chi connectivity index (χ1n) is 14.2. The van der Waals surface area contributed by atoms with Crippen molar-refractivity contribution in [1.29, 1.82) is 0 Å². The summed E-state index contributed by atoms with van der Waals surface area (Å²) in [6.45, 7) is 11.2. The Balaban J connectivity index is 1.25. The molecule has 38 heavy (non-hydrogen) atoms. The first-order valence-corrected chi connectivity index (χ1v) is 14.2. The van der Waals surface area contributed by atoms with E-state index in [0.29, 0.717) is 11.8 Å². The van der Waals surface area contributed by atoms with Crippen LogP contribution in [0, 0.1) is 13.8 Å². The van der Waals surface area contributed by atoms with Crippen molar-refractivity contribution >= 4 is 43.9 Å². The van der Waals surface area contributed by atoms with Crippen LogP contribution < -0.4 is 0 Å². The molecule has 192 valence electrons. The molecule has 7 rings (SSSR count). The van der Waals surface area contributed by atoms with Crippen LogP contribution in [0.15, 0.2) is 75.6 Å². The van der Waals surface area contributed by atoms with Crippen molar-refractivity contribution in [3.8, 4) is 0 Å². The van der Waals surface area contributed by atoms with Gasteiger partial charge in [-0.15, -0.1) is 0 Å². The lowest BCUT2D eigenvalue weighted by Gasteiger charge is -2.30. The van der Waals surface area contributed by atoms with E-state index in [0.717, 1.165) is 22.3 Å². The fraction of sp³-hybridized carbons (Fsp3) is 0.333. The van der Waals surface area contributed by atoms with Crippen molar-refractivity contribution in [3.63, 3.8) is 0 Å². The van der Waals surface area contributed by atoms with Gasteiger partial charge in [-0.2, -0.15) is 0 Å². The fourth-order valence-corrected chi connectivity index (χ4v) is 6.90. The van der Waals surface area contributed by atoms with Crippen molar-refractivity contribution in [2.45, 2.75) is 77.6 Å². The van der Waals surface area contributed by atoms with Gasteiger partial charge < -0.3 is 8.83 Å². The predicted octanol–water partition coefficient (Wildman–Crippen LogP) is 10.8. The standard InChI is InChI=1S/C36H36O2/c1-21-9-6-12-27-28-14-8-11-26(34(28)37-32(21)27)24-17-15-23(16-18-24)25-19-30-29-13-7-10-22(2)33(29)38-35(30)31(20-25)36(3,4)5/h6-14,19-20,23-24H,15-18H2,1-5H3. The number of hydrogen-bond donors (Lipinski definition) is 0. The Labute approximate surface area is 224 Å². The highest BCUT2D eigenvalue weighted by atomic mass is 16.3. The molecule has 0 atom stereocenters. The van der Waals surface area contributed by atoms with Gasteiger partial charge in [0.1, 0.15) is 22.3 Å². The van der Waals surface area contributed by atoms with Crippen molar-refractivity contribution < 1.29 is 8.83 Å². The summed E-state index contributed by atoms with van der Waals surface area (Å²) in [4.78, 5) is 0. The maximum absolute atomic E-state index is 6.52. The van der Waals surface area contributed by atoms with E-state index in [1.54, 1.807) is 0 Å². The van der Waals surface area contributed by atoms with Crippen LogP contribution in [0.2, 0.25) is 0 Å². The molecule has 1 fully saturated rings. The van der Waals surface area contributed by atoms with E-state index in [1.165, 1.54) is 75.0 Å². The molecule has 6 aromatic rings. The van der Waals surface area contributed by atoms with Gasteiger partial charge in [-0.3, -0.25) is 0 Å². The highest BCUT2D eigenvalue weighted by Crippen LogP contribution is 2.46. The summed E-state index contributed by atoms with van der Waals surface area (Å²) in [5.41, 5.74) is 10.8. The van der Waals surface area contributed by atoms with Crippen LogP contribution in [-0.4, -0.2) is 0 Å². The van der Waals surface area contributed by atoms with E-state index in [1.807, 2.05) is 0 Å². The van der Waals surface area contributed by atoms with Gasteiger partial charge in [0.25, 0.3) is 0 Å². The second kappa shape index (κ2) is 8.50. The lowest BCUT2D eigenvalue weighted by atomic mass is 9.74. The van der Waals surface area contributed by atoms with Crippen LogP contribution in [0.5, 0.6) is 0 Å². The third-order valence-corrected chi connectivity index (χ3v) is 9.02. The number of para-hydroxylation sites is 3. The Hall–Kier alpha value is -3.52. The Kier molecular flexibility index (Phi) is 5.27. The number of furan rings is 2. The normalized spacial score (nSPS) is 18.8. The molecule has 2 nitrogen and oxygen atoms in total. The molecule has 0 amide bonds. The molecular formula is C36H36O2. The third kappa shape index (κ3) is 3.61. The monoisotopic (exact) mass is 500 g/mol. The highest BCUT2D eigenvalue weighted by Gasteiger charge is 2.29. The molecular weight excluding hydrogens is 464 g/mol. The minimum absolute atomic E-state index is 0.0162. The molecule has 1 aliphatic carbocycles. The molecule has 0 aliphatic heterocycles. The molecule has 1 aliphatic rings. The zero-order valence-electron chi connectivity index (χ0n) is 23.2. The zero-order chi connectivity index (χ0) is 26.2. The minimum Gasteiger partial charge on any atom is -0.455 e. The first kappa shape index (κ1) is 23.6. The SMILES string of the molecule is Cc1cccc2c1oc1c(C3CCC(c4cc(C(C)(C)C)c5oc6c(C)cccc6c5c4)CC3)cccc12. The van der Waals surface area contributed by atoms with Crippen molar-refractivity contribution in [2.24, 2.45) is 0 Å². The Bertz CT molecular complexity index is 1830. The van der Waals surface area contributed by atoms with Gasteiger partial charge in [0, 0.05) is 27.1 Å². The number of hydrogen-bond acceptors (Lipinski definition) is 2. The topological polar surface area (TPSA) is 26.3 Å². The second-order valence-electron chi connectivity index (χ2n) is 12.6. The maximum Gasteiger partial charge on any atom is 0.139 e. The van der Waals surface area contributed by atoms with Crippen LogP contribution in [0.25, 0.3) is 43.9 Å². The van der Waals surface area contributed by atoms with Gasteiger partial charge >= 0.3 is 0 Å². The molecule has 0 unspecified atom stereocenters. The quantitative estimate of drug-likeness (QED) is 0.236. The molecule has 0 bridgehead atoms. The van der Waals surface area contributed by atoms with Gasteiger partial charge in [-0.05, 0) is 85.1 Å². The second-order valence-corrected chi connectivity index (χ2v) is 12.6. The van der Waals surface area contributed by atoms with E-state index >= 15 is 0 Å². The van der Waals surface area contributed by atoms with Crippen LogP contribution in [0.4, 0.5) is 0 Å². The molecule has 0 N–H and O–H groups in total. The maximum atomic E-state index is 6.52. The minimum atomic E-state index is 0.0162. The van der Waals surface area contributed by atoms with Gasteiger partial charge in [0.05, 0.1) is 0 Å². The van der Waals surface area contributed by atoms with Crippen molar-refractivity contribution in [3.05, 3.63) is 94.5 Å².